The molecular formula is C17H21N3O4. The second-order valence-electron chi connectivity index (χ2n) is 5.41. The van der Waals surface area contributed by atoms with Crippen LogP contribution in [0, 0.1) is 11.3 Å². The van der Waals surface area contributed by atoms with Crippen molar-refractivity contribution in [2.24, 2.45) is 0 Å². The maximum atomic E-state index is 11.9. The molecule has 0 aliphatic carbocycles. The summed E-state index contributed by atoms with van der Waals surface area (Å²) >= 11 is 0. The van der Waals surface area contributed by atoms with Crippen LogP contribution in [0.25, 0.3) is 6.08 Å². The van der Waals surface area contributed by atoms with Gasteiger partial charge in [-0.05, 0) is 23.8 Å². The molecule has 0 radical (unpaired) electrons. The van der Waals surface area contributed by atoms with E-state index in [-0.39, 0.29) is 12.1 Å². The van der Waals surface area contributed by atoms with Crippen molar-refractivity contribution in [3.63, 3.8) is 0 Å². The van der Waals surface area contributed by atoms with Gasteiger partial charge < -0.3 is 25.2 Å². The summed E-state index contributed by atoms with van der Waals surface area (Å²) in [5.41, 5.74) is 1.75. The Morgan fingerprint density at radius 2 is 2.04 bits per heavy atom. The van der Waals surface area contributed by atoms with Gasteiger partial charge in [-0.2, -0.15) is 5.26 Å². The van der Waals surface area contributed by atoms with Crippen molar-refractivity contribution in [1.82, 2.24) is 5.32 Å². The average Bonchev–Trinajstić information content (AvgIpc) is 2.65. The van der Waals surface area contributed by atoms with Gasteiger partial charge in [-0.1, -0.05) is 12.1 Å². The first kappa shape index (κ1) is 17.9. The summed E-state index contributed by atoms with van der Waals surface area (Å²) in [6.45, 7) is 2.54. The zero-order valence-corrected chi connectivity index (χ0v) is 13.3. The first-order valence-corrected chi connectivity index (χ1v) is 7.75. The Labute approximate surface area is 140 Å². The van der Waals surface area contributed by atoms with Gasteiger partial charge in [0.1, 0.15) is 11.6 Å². The van der Waals surface area contributed by atoms with E-state index < -0.39 is 18.6 Å². The third kappa shape index (κ3) is 5.06. The molecule has 0 saturated carbocycles. The molecule has 128 valence electrons. The topological polar surface area (TPSA) is 106 Å². The summed E-state index contributed by atoms with van der Waals surface area (Å²) in [7, 11) is 0. The van der Waals surface area contributed by atoms with Gasteiger partial charge in [0, 0.05) is 25.3 Å². The predicted octanol–water partition coefficient (Wildman–Crippen LogP) is -0.100. The molecule has 1 heterocycles. The first-order valence-electron chi connectivity index (χ1n) is 7.75. The lowest BCUT2D eigenvalue weighted by atomic mass is 10.1. The van der Waals surface area contributed by atoms with E-state index in [1.165, 1.54) is 6.08 Å². The minimum atomic E-state index is -1.04. The van der Waals surface area contributed by atoms with Crippen LogP contribution in [0.2, 0.25) is 0 Å². The number of nitrogens with zero attached hydrogens (tertiary/aromatic N) is 2. The van der Waals surface area contributed by atoms with E-state index in [0.717, 1.165) is 24.3 Å². The van der Waals surface area contributed by atoms with Gasteiger partial charge >= 0.3 is 0 Å². The number of anilines is 1. The smallest absolute Gasteiger partial charge is 0.262 e. The molecule has 3 N–H and O–H groups in total. The fourth-order valence-corrected chi connectivity index (χ4v) is 2.29. The number of ether oxygens (including phenoxy) is 1. The minimum Gasteiger partial charge on any atom is -0.394 e. The van der Waals surface area contributed by atoms with E-state index >= 15 is 0 Å². The quantitative estimate of drug-likeness (QED) is 0.496. The van der Waals surface area contributed by atoms with E-state index in [1.54, 1.807) is 0 Å². The van der Waals surface area contributed by atoms with Crippen LogP contribution < -0.4 is 10.2 Å². The third-order valence-electron chi connectivity index (χ3n) is 3.65. The monoisotopic (exact) mass is 331 g/mol. The van der Waals surface area contributed by atoms with E-state index in [2.05, 4.69) is 10.2 Å². The molecule has 0 bridgehead atoms. The number of amides is 1. The number of morpholine rings is 1. The van der Waals surface area contributed by atoms with Crippen molar-refractivity contribution < 1.29 is 19.7 Å². The molecule has 1 fully saturated rings. The summed E-state index contributed by atoms with van der Waals surface area (Å²) in [5.74, 6) is -0.581. The fraction of sp³-hybridized carbons (Fsp3) is 0.412. The lowest BCUT2D eigenvalue weighted by Crippen LogP contribution is -2.36. The fourth-order valence-electron chi connectivity index (χ4n) is 2.29. The number of nitriles is 1. The predicted molar refractivity (Wildman–Crippen MR) is 89.2 cm³/mol. The van der Waals surface area contributed by atoms with Crippen LogP contribution in [0.15, 0.2) is 29.8 Å². The molecule has 1 saturated heterocycles. The first-order chi connectivity index (χ1) is 11.6. The third-order valence-corrected chi connectivity index (χ3v) is 3.65. The molecule has 7 heteroatoms. The Morgan fingerprint density at radius 3 is 2.62 bits per heavy atom. The average molecular weight is 331 g/mol. The molecule has 1 unspecified atom stereocenters. The Kier molecular flexibility index (Phi) is 6.75. The van der Waals surface area contributed by atoms with Crippen LogP contribution in [0.1, 0.15) is 5.56 Å². The van der Waals surface area contributed by atoms with E-state index in [1.807, 2.05) is 30.3 Å². The Balaban J connectivity index is 2.02. The number of aliphatic hydroxyl groups excluding tert-OH is 2. The maximum Gasteiger partial charge on any atom is 0.262 e. The van der Waals surface area contributed by atoms with Crippen molar-refractivity contribution in [2.45, 2.75) is 6.10 Å². The van der Waals surface area contributed by atoms with E-state index in [9.17, 15) is 9.90 Å². The number of rotatable bonds is 6. The number of nitrogens with one attached hydrogen (secondary N) is 1. The molecule has 1 aliphatic rings. The summed E-state index contributed by atoms with van der Waals surface area (Å²) in [6, 6.07) is 9.43. The molecule has 1 aromatic carbocycles. The SMILES string of the molecule is N#C/C(=C\c1ccc(N2CCOCC2)cc1)C(=O)NCC(O)CO. The molecule has 1 atom stereocenters. The lowest BCUT2D eigenvalue weighted by molar-refractivity contribution is -0.117. The number of carbonyl (C=O) groups is 1. The highest BCUT2D eigenvalue weighted by Gasteiger charge is 2.12. The van der Waals surface area contributed by atoms with Gasteiger partial charge in [-0.3, -0.25) is 4.79 Å². The van der Waals surface area contributed by atoms with Crippen LogP contribution >= 0.6 is 0 Å². The number of hydrogen-bond donors (Lipinski definition) is 3. The van der Waals surface area contributed by atoms with Crippen LogP contribution in [-0.4, -0.2) is 61.7 Å². The van der Waals surface area contributed by atoms with Gasteiger partial charge in [0.05, 0.1) is 25.9 Å². The van der Waals surface area contributed by atoms with E-state index in [0.29, 0.717) is 13.2 Å². The zero-order valence-electron chi connectivity index (χ0n) is 13.3. The van der Waals surface area contributed by atoms with Crippen LogP contribution in [0.5, 0.6) is 0 Å². The number of carbonyl (C=O) groups excluding carboxylic acids is 1. The zero-order chi connectivity index (χ0) is 17.4. The van der Waals surface area contributed by atoms with Gasteiger partial charge in [0.2, 0.25) is 0 Å². The normalized spacial score (nSPS) is 16.4. The molecule has 7 nitrogen and oxygen atoms in total. The van der Waals surface area contributed by atoms with Crippen molar-refractivity contribution in [3.05, 3.63) is 35.4 Å². The Bertz CT molecular complexity index is 616. The summed E-state index contributed by atoms with van der Waals surface area (Å²) in [6.07, 6.45) is 0.450. The van der Waals surface area contributed by atoms with Gasteiger partial charge in [0.15, 0.2) is 0 Å². The highest BCUT2D eigenvalue weighted by atomic mass is 16.5. The Morgan fingerprint density at radius 1 is 1.38 bits per heavy atom. The van der Waals surface area contributed by atoms with Crippen LogP contribution in [0.4, 0.5) is 5.69 Å². The van der Waals surface area contributed by atoms with Crippen LogP contribution in [-0.2, 0) is 9.53 Å². The second-order valence-corrected chi connectivity index (χ2v) is 5.41. The van der Waals surface area contributed by atoms with Crippen molar-refractivity contribution in [1.29, 1.82) is 5.26 Å². The molecule has 1 aliphatic heterocycles. The van der Waals surface area contributed by atoms with Crippen molar-refractivity contribution in [2.75, 3.05) is 44.4 Å². The molecule has 1 amide bonds. The van der Waals surface area contributed by atoms with Gasteiger partial charge in [0.25, 0.3) is 5.91 Å². The maximum absolute atomic E-state index is 11.9. The summed E-state index contributed by atoms with van der Waals surface area (Å²) < 4.78 is 5.32. The molecule has 24 heavy (non-hydrogen) atoms. The molecule has 1 aromatic rings. The molecule has 2 rings (SSSR count). The van der Waals surface area contributed by atoms with Crippen LogP contribution in [0.3, 0.4) is 0 Å². The highest BCUT2D eigenvalue weighted by Crippen LogP contribution is 2.18. The van der Waals surface area contributed by atoms with Gasteiger partial charge in [-0.15, -0.1) is 0 Å². The van der Waals surface area contributed by atoms with Crippen molar-refractivity contribution >= 4 is 17.7 Å². The lowest BCUT2D eigenvalue weighted by Gasteiger charge is -2.28. The molecule has 0 aromatic heterocycles. The van der Waals surface area contributed by atoms with Crippen molar-refractivity contribution in [3.8, 4) is 6.07 Å². The second kappa shape index (κ2) is 9.03. The summed E-state index contributed by atoms with van der Waals surface area (Å²) in [4.78, 5) is 14.1. The summed E-state index contributed by atoms with van der Waals surface area (Å²) in [5, 5.41) is 29.5. The van der Waals surface area contributed by atoms with Gasteiger partial charge in [-0.25, -0.2) is 0 Å². The van der Waals surface area contributed by atoms with E-state index in [4.69, 9.17) is 15.1 Å². The highest BCUT2D eigenvalue weighted by molar-refractivity contribution is 6.01. The number of benzene rings is 1. The number of aliphatic hydroxyl groups is 2. The number of hydrogen-bond acceptors (Lipinski definition) is 6. The molecule has 0 spiro atoms. The standard InChI is InChI=1S/C17H21N3O4/c18-10-14(17(23)19-11-16(22)12-21)9-13-1-3-15(4-2-13)20-5-7-24-8-6-20/h1-4,9,16,21-22H,5-8,11-12H2,(H,19,23)/b14-9+. The Hall–Kier alpha value is -2.40. The minimum absolute atomic E-state index is 0.0562. The molecular weight excluding hydrogens is 310 g/mol. The largest absolute Gasteiger partial charge is 0.394 e.